The molecule has 0 aliphatic carbocycles. The van der Waals surface area contributed by atoms with E-state index in [0.29, 0.717) is 28.2 Å². The van der Waals surface area contributed by atoms with Crippen molar-refractivity contribution in [3.8, 4) is 23.3 Å². The Hall–Kier alpha value is -3.79. The van der Waals surface area contributed by atoms with Gasteiger partial charge in [0.15, 0.2) is 6.61 Å². The molecule has 31 heavy (non-hydrogen) atoms. The van der Waals surface area contributed by atoms with Crippen molar-refractivity contribution in [2.24, 2.45) is 5.92 Å². The van der Waals surface area contributed by atoms with Crippen LogP contribution in [0.1, 0.15) is 26.5 Å². The number of para-hydroxylation sites is 1. The SMILES string of the molecule is Cc1oc2cc(OCC(=O)N[C@@](C)(C#N)C(C)C)ccc2c(=O)c1Oc1ccccc1. The smallest absolute Gasteiger partial charge is 0.259 e. The standard InChI is InChI=1S/C24H24N2O5/c1-15(2)24(4,14-25)26-21(27)13-29-18-10-11-19-20(12-18)30-16(3)23(22(19)28)31-17-8-6-5-7-9-17/h5-12,15H,13H2,1-4H3,(H,26,27)/t24-/m0/s1. The van der Waals surface area contributed by atoms with Crippen LogP contribution in [0.25, 0.3) is 11.0 Å². The number of nitrogens with zero attached hydrogens (tertiary/aromatic N) is 1. The topological polar surface area (TPSA) is 102 Å². The summed E-state index contributed by atoms with van der Waals surface area (Å²) in [6, 6.07) is 15.8. The number of hydrogen-bond donors (Lipinski definition) is 1. The molecule has 0 radical (unpaired) electrons. The van der Waals surface area contributed by atoms with Crippen LogP contribution < -0.4 is 20.2 Å². The van der Waals surface area contributed by atoms with E-state index >= 15 is 0 Å². The summed E-state index contributed by atoms with van der Waals surface area (Å²) in [5.74, 6) is 0.877. The average Bonchev–Trinajstić information content (AvgIpc) is 2.75. The number of ether oxygens (including phenoxy) is 2. The van der Waals surface area contributed by atoms with Gasteiger partial charge in [0.2, 0.25) is 11.2 Å². The van der Waals surface area contributed by atoms with Crippen LogP contribution >= 0.6 is 0 Å². The highest BCUT2D eigenvalue weighted by atomic mass is 16.5. The molecule has 0 spiro atoms. The van der Waals surface area contributed by atoms with Crippen LogP contribution in [0.3, 0.4) is 0 Å². The van der Waals surface area contributed by atoms with Gasteiger partial charge in [-0.05, 0) is 44.0 Å². The van der Waals surface area contributed by atoms with Crippen molar-refractivity contribution in [1.82, 2.24) is 5.32 Å². The monoisotopic (exact) mass is 420 g/mol. The van der Waals surface area contributed by atoms with Gasteiger partial charge in [-0.3, -0.25) is 9.59 Å². The van der Waals surface area contributed by atoms with E-state index in [1.807, 2.05) is 32.0 Å². The average molecular weight is 420 g/mol. The summed E-state index contributed by atoms with van der Waals surface area (Å²) in [5, 5.41) is 12.3. The maximum Gasteiger partial charge on any atom is 0.259 e. The molecule has 0 unspecified atom stereocenters. The van der Waals surface area contributed by atoms with Crippen LogP contribution in [-0.4, -0.2) is 18.1 Å². The van der Waals surface area contributed by atoms with Crippen LogP contribution in [0.5, 0.6) is 17.2 Å². The third-order valence-electron chi connectivity index (χ3n) is 5.11. The molecule has 0 aliphatic rings. The summed E-state index contributed by atoms with van der Waals surface area (Å²) in [6.45, 7) is 6.75. The minimum atomic E-state index is -0.983. The summed E-state index contributed by atoms with van der Waals surface area (Å²) >= 11 is 0. The van der Waals surface area contributed by atoms with Crippen LogP contribution in [0.15, 0.2) is 57.7 Å². The molecule has 1 amide bonds. The van der Waals surface area contributed by atoms with E-state index in [1.165, 1.54) is 0 Å². The van der Waals surface area contributed by atoms with E-state index in [-0.39, 0.29) is 23.7 Å². The first-order valence-corrected chi connectivity index (χ1v) is 9.89. The third kappa shape index (κ3) is 4.86. The van der Waals surface area contributed by atoms with Crippen LogP contribution in [0.2, 0.25) is 0 Å². The molecule has 0 fully saturated rings. The highest BCUT2D eigenvalue weighted by Gasteiger charge is 2.30. The van der Waals surface area contributed by atoms with E-state index in [2.05, 4.69) is 11.4 Å². The first-order chi connectivity index (χ1) is 14.7. The predicted octanol–water partition coefficient (Wildman–Crippen LogP) is 4.33. The lowest BCUT2D eigenvalue weighted by molar-refractivity contribution is -0.124. The lowest BCUT2D eigenvalue weighted by atomic mass is 9.90. The van der Waals surface area contributed by atoms with Gasteiger partial charge in [0, 0.05) is 6.07 Å². The minimum Gasteiger partial charge on any atom is -0.484 e. The Morgan fingerprint density at radius 2 is 1.90 bits per heavy atom. The minimum absolute atomic E-state index is 0.0633. The van der Waals surface area contributed by atoms with Gasteiger partial charge >= 0.3 is 0 Å². The molecule has 7 heteroatoms. The predicted molar refractivity (Wildman–Crippen MR) is 116 cm³/mol. The van der Waals surface area contributed by atoms with E-state index < -0.39 is 11.4 Å². The van der Waals surface area contributed by atoms with Crippen molar-refractivity contribution >= 4 is 16.9 Å². The number of rotatable bonds is 7. The molecule has 0 bridgehead atoms. The lowest BCUT2D eigenvalue weighted by Crippen LogP contribution is -2.50. The van der Waals surface area contributed by atoms with E-state index in [9.17, 15) is 14.9 Å². The second-order valence-electron chi connectivity index (χ2n) is 7.70. The second kappa shape index (κ2) is 8.92. The highest BCUT2D eigenvalue weighted by molar-refractivity contribution is 5.81. The molecule has 0 saturated carbocycles. The molecule has 0 aliphatic heterocycles. The lowest BCUT2D eigenvalue weighted by Gasteiger charge is -2.27. The van der Waals surface area contributed by atoms with Crippen LogP contribution in [0.4, 0.5) is 0 Å². The van der Waals surface area contributed by atoms with Crippen molar-refractivity contribution < 1.29 is 18.7 Å². The van der Waals surface area contributed by atoms with Crippen molar-refractivity contribution in [2.75, 3.05) is 6.61 Å². The van der Waals surface area contributed by atoms with Crippen molar-refractivity contribution in [3.63, 3.8) is 0 Å². The van der Waals surface area contributed by atoms with Crippen molar-refractivity contribution in [1.29, 1.82) is 5.26 Å². The van der Waals surface area contributed by atoms with Gasteiger partial charge in [0.05, 0.1) is 11.5 Å². The Morgan fingerprint density at radius 3 is 2.55 bits per heavy atom. The number of aryl methyl sites for hydroxylation is 1. The maximum atomic E-state index is 12.9. The number of nitrogens with one attached hydrogen (secondary N) is 1. The Bertz CT molecular complexity index is 1190. The van der Waals surface area contributed by atoms with Gasteiger partial charge in [0.1, 0.15) is 28.4 Å². The molecule has 160 valence electrons. The van der Waals surface area contributed by atoms with Gasteiger partial charge in [0.25, 0.3) is 5.91 Å². The molecule has 2 aromatic carbocycles. The van der Waals surface area contributed by atoms with E-state index in [4.69, 9.17) is 13.9 Å². The number of nitriles is 1. The Labute approximate surface area is 180 Å². The number of amides is 1. The molecular formula is C24H24N2O5. The van der Waals surface area contributed by atoms with Crippen molar-refractivity contribution in [3.05, 3.63) is 64.5 Å². The fourth-order valence-electron chi connectivity index (χ4n) is 2.86. The summed E-state index contributed by atoms with van der Waals surface area (Å²) in [4.78, 5) is 25.1. The highest BCUT2D eigenvalue weighted by Crippen LogP contribution is 2.27. The third-order valence-corrected chi connectivity index (χ3v) is 5.11. The Morgan fingerprint density at radius 1 is 1.19 bits per heavy atom. The van der Waals surface area contributed by atoms with Gasteiger partial charge in [-0.2, -0.15) is 5.26 Å². The zero-order valence-electron chi connectivity index (χ0n) is 17.9. The molecule has 1 heterocycles. The molecule has 3 aromatic rings. The molecule has 1 aromatic heterocycles. The summed E-state index contributed by atoms with van der Waals surface area (Å²) in [6.07, 6.45) is 0. The molecule has 1 atom stereocenters. The summed E-state index contributed by atoms with van der Waals surface area (Å²) in [7, 11) is 0. The first-order valence-electron chi connectivity index (χ1n) is 9.89. The molecule has 3 rings (SSSR count). The molecule has 7 nitrogen and oxygen atoms in total. The second-order valence-corrected chi connectivity index (χ2v) is 7.70. The van der Waals surface area contributed by atoms with Gasteiger partial charge in [-0.1, -0.05) is 32.0 Å². The normalized spacial score (nSPS) is 12.8. The van der Waals surface area contributed by atoms with Crippen LogP contribution in [-0.2, 0) is 4.79 Å². The van der Waals surface area contributed by atoms with Gasteiger partial charge in [-0.15, -0.1) is 0 Å². The largest absolute Gasteiger partial charge is 0.484 e. The summed E-state index contributed by atoms with van der Waals surface area (Å²) < 4.78 is 17.0. The Balaban J connectivity index is 1.78. The first kappa shape index (κ1) is 21.9. The number of carbonyl (C=O) groups excluding carboxylic acids is 1. The molecule has 0 saturated heterocycles. The van der Waals surface area contributed by atoms with E-state index in [0.717, 1.165) is 0 Å². The number of benzene rings is 2. The summed E-state index contributed by atoms with van der Waals surface area (Å²) in [5.41, 5.74) is -0.957. The number of carbonyl (C=O) groups is 1. The fourth-order valence-corrected chi connectivity index (χ4v) is 2.86. The Kier molecular flexibility index (Phi) is 6.30. The van der Waals surface area contributed by atoms with E-state index in [1.54, 1.807) is 44.2 Å². The van der Waals surface area contributed by atoms with Gasteiger partial charge in [-0.25, -0.2) is 0 Å². The zero-order chi connectivity index (χ0) is 22.6. The zero-order valence-corrected chi connectivity index (χ0v) is 17.9. The van der Waals surface area contributed by atoms with Crippen LogP contribution in [0, 0.1) is 24.2 Å². The molecule has 1 N–H and O–H groups in total. The van der Waals surface area contributed by atoms with Crippen molar-refractivity contribution in [2.45, 2.75) is 33.2 Å². The maximum absolute atomic E-state index is 12.9. The van der Waals surface area contributed by atoms with Gasteiger partial charge < -0.3 is 19.2 Å². The molecular weight excluding hydrogens is 396 g/mol. The fraction of sp³-hybridized carbons (Fsp3) is 0.292. The number of fused-ring (bicyclic) bond motifs is 1. The quantitative estimate of drug-likeness (QED) is 0.611. The number of hydrogen-bond acceptors (Lipinski definition) is 6.